The van der Waals surface area contributed by atoms with E-state index in [1.165, 1.54) is 55.1 Å². The van der Waals surface area contributed by atoms with E-state index in [0.717, 1.165) is 42.0 Å². The van der Waals surface area contributed by atoms with Gasteiger partial charge in [0.05, 0.1) is 0 Å². The molecule has 4 aromatic carbocycles. The molecule has 0 bridgehead atoms. The number of ketones is 1. The van der Waals surface area contributed by atoms with E-state index in [1.807, 2.05) is 40.8 Å². The van der Waals surface area contributed by atoms with Crippen molar-refractivity contribution in [2.45, 2.75) is 67.2 Å². The number of rotatable bonds is 7. The number of aromatic nitrogens is 2. The summed E-state index contributed by atoms with van der Waals surface area (Å²) < 4.78 is 2.44. The number of para-hydroxylation sites is 1. The Morgan fingerprint density at radius 3 is 2.27 bits per heavy atom. The van der Waals surface area contributed by atoms with Gasteiger partial charge in [-0.15, -0.1) is 17.5 Å². The number of nitrogens with zero attached hydrogens (tertiary/aromatic N) is 2. The molecule has 45 heavy (non-hydrogen) atoms. The molecule has 0 saturated carbocycles. The van der Waals surface area contributed by atoms with Crippen LogP contribution in [-0.2, 0) is 24.9 Å². The maximum Gasteiger partial charge on any atom is 0.162 e. The summed E-state index contributed by atoms with van der Waals surface area (Å²) in [5.41, 5.74) is 5.79. The second kappa shape index (κ2) is 12.9. The zero-order chi connectivity index (χ0) is 31.2. The van der Waals surface area contributed by atoms with Gasteiger partial charge < -0.3 is 9.51 Å². The molecule has 3 aromatic heterocycles. The third-order valence-corrected chi connectivity index (χ3v) is 10.1. The Labute approximate surface area is 278 Å². The predicted molar refractivity (Wildman–Crippen MR) is 186 cm³/mol. The van der Waals surface area contributed by atoms with Crippen LogP contribution in [0.5, 0.6) is 0 Å². The van der Waals surface area contributed by atoms with E-state index in [1.54, 1.807) is 0 Å². The average Bonchev–Trinajstić information content (AvgIpc) is 3.40. The molecule has 0 fully saturated rings. The second-order valence-corrected chi connectivity index (χ2v) is 12.3. The van der Waals surface area contributed by atoms with E-state index >= 15 is 0 Å². The number of allylic oxidation sites excluding steroid dienone is 2. The van der Waals surface area contributed by atoms with E-state index in [9.17, 15) is 9.90 Å². The van der Waals surface area contributed by atoms with Crippen molar-refractivity contribution in [3.8, 4) is 0 Å². The van der Waals surface area contributed by atoms with Crippen LogP contribution < -0.4 is 0 Å². The first kappa shape index (κ1) is 32.6. The first-order valence-electron chi connectivity index (χ1n) is 16.0. The van der Waals surface area contributed by atoms with Gasteiger partial charge in [-0.05, 0) is 54.1 Å². The maximum atomic E-state index is 11.9. The van der Waals surface area contributed by atoms with Crippen molar-refractivity contribution in [1.82, 2.24) is 9.38 Å². The van der Waals surface area contributed by atoms with Gasteiger partial charge in [0.1, 0.15) is 5.76 Å². The summed E-state index contributed by atoms with van der Waals surface area (Å²) in [6.07, 6.45) is 6.75. The molecular weight excluding hydrogens is 733 g/mol. The summed E-state index contributed by atoms with van der Waals surface area (Å²) >= 11 is 0. The third kappa shape index (κ3) is 5.30. The molecule has 4 nitrogen and oxygen atoms in total. The Morgan fingerprint density at radius 1 is 0.911 bits per heavy atom. The molecule has 1 radical (unpaired) electrons. The zero-order valence-corrected chi connectivity index (χ0v) is 29.4. The molecule has 5 heteroatoms. The molecule has 0 saturated heterocycles. The van der Waals surface area contributed by atoms with Crippen molar-refractivity contribution in [2.75, 3.05) is 0 Å². The zero-order valence-electron chi connectivity index (χ0n) is 27.0. The van der Waals surface area contributed by atoms with E-state index < -0.39 is 0 Å². The van der Waals surface area contributed by atoms with E-state index in [4.69, 9.17) is 4.98 Å². The number of fused-ring (bicyclic) bond motifs is 7. The second-order valence-electron chi connectivity index (χ2n) is 12.3. The molecule has 3 heterocycles. The summed E-state index contributed by atoms with van der Waals surface area (Å²) in [5.74, 6) is 0.366. The molecule has 0 aliphatic carbocycles. The van der Waals surface area contributed by atoms with Crippen LogP contribution in [-0.4, -0.2) is 20.3 Å². The molecule has 0 aliphatic heterocycles. The number of carbonyl (C=O) groups is 1. The van der Waals surface area contributed by atoms with Gasteiger partial charge in [-0.2, -0.15) is 0 Å². The van der Waals surface area contributed by atoms with Crippen LogP contribution in [0.2, 0.25) is 0 Å². The Balaban J connectivity index is 0.000000206. The van der Waals surface area contributed by atoms with Gasteiger partial charge in [0.25, 0.3) is 0 Å². The minimum atomic E-state index is -0.248. The van der Waals surface area contributed by atoms with Crippen LogP contribution in [0.3, 0.4) is 0 Å². The van der Waals surface area contributed by atoms with Gasteiger partial charge in [-0.25, -0.2) is 0 Å². The smallest absolute Gasteiger partial charge is 0.162 e. The molecule has 0 unspecified atom stereocenters. The Bertz CT molecular complexity index is 2180. The van der Waals surface area contributed by atoms with Crippen molar-refractivity contribution in [2.24, 2.45) is 11.3 Å². The van der Waals surface area contributed by atoms with Crippen molar-refractivity contribution in [3.63, 3.8) is 0 Å². The van der Waals surface area contributed by atoms with Crippen LogP contribution in [0.4, 0.5) is 0 Å². The summed E-state index contributed by atoms with van der Waals surface area (Å²) in [4.78, 5) is 16.7. The number of carbonyl (C=O) groups excluding carboxylic acids is 1. The molecule has 0 atom stereocenters. The van der Waals surface area contributed by atoms with Crippen molar-refractivity contribution >= 4 is 65.6 Å². The van der Waals surface area contributed by atoms with Crippen LogP contribution in [0.25, 0.3) is 59.8 Å². The molecule has 1 N–H and O–H groups in total. The minimum Gasteiger partial charge on any atom is -0.512 e. The van der Waals surface area contributed by atoms with Crippen LogP contribution in [0, 0.1) is 24.3 Å². The van der Waals surface area contributed by atoms with Gasteiger partial charge in [-0.1, -0.05) is 106 Å². The fourth-order valence-corrected chi connectivity index (χ4v) is 6.75. The summed E-state index contributed by atoms with van der Waals surface area (Å²) in [6, 6.07) is 27.5. The van der Waals surface area contributed by atoms with Gasteiger partial charge in [0.15, 0.2) is 5.78 Å². The maximum absolute atomic E-state index is 11.9. The average molecular weight is 774 g/mol. The van der Waals surface area contributed by atoms with E-state index in [2.05, 4.69) is 84.1 Å². The molecule has 0 spiro atoms. The van der Waals surface area contributed by atoms with Gasteiger partial charge in [-0.3, -0.25) is 9.78 Å². The number of benzene rings is 4. The standard InChI is InChI=1S/C26H15N2.C14H26O2.Ir/c1-15-18-7-3-2-6-17(18)14-21-24-23-16(12-13-27-24)10-11-20-19-8-4-5-9-22(19)28(25(15)21)26(20)23;1-6-11(7-2)12(15)10-13(16)14(5,8-3)9-4;/h2-13H,1H3;10-11,16H,6-9H2,1-5H3;/q-1;;/b;13-10-;. The Kier molecular flexibility index (Phi) is 9.35. The molecular formula is C40H41IrN2O2-. The minimum absolute atomic E-state index is 0. The number of hydrogen-bond acceptors (Lipinski definition) is 3. The number of pyridine rings is 2. The van der Waals surface area contributed by atoms with Gasteiger partial charge in [0, 0.05) is 71.0 Å². The van der Waals surface area contributed by atoms with E-state index in [0.29, 0.717) is 0 Å². The van der Waals surface area contributed by atoms with Gasteiger partial charge in [0.2, 0.25) is 0 Å². The first-order valence-corrected chi connectivity index (χ1v) is 16.0. The Hall–Kier alpha value is -3.79. The topological polar surface area (TPSA) is 54.6 Å². The number of aryl methyl sites for hydroxylation is 1. The van der Waals surface area contributed by atoms with Gasteiger partial charge >= 0.3 is 0 Å². The Morgan fingerprint density at radius 2 is 1.58 bits per heavy atom. The fraction of sp³-hybridized carbons (Fsp3) is 0.300. The molecule has 7 aromatic rings. The van der Waals surface area contributed by atoms with Crippen LogP contribution in [0.1, 0.15) is 65.9 Å². The molecule has 233 valence electrons. The summed E-state index contributed by atoms with van der Waals surface area (Å²) in [7, 11) is 0. The van der Waals surface area contributed by atoms with Crippen LogP contribution >= 0.6 is 0 Å². The number of hydrogen-bond donors (Lipinski definition) is 1. The van der Waals surface area contributed by atoms with Crippen molar-refractivity contribution in [3.05, 3.63) is 96.4 Å². The third-order valence-electron chi connectivity index (χ3n) is 10.1. The number of aliphatic hydroxyl groups excluding tert-OH is 1. The normalized spacial score (nSPS) is 12.5. The number of aliphatic hydroxyl groups is 1. The SMILES string of the molecule is CCC(CC)C(=O)/C=C(\O)C(C)(CC)CC.Cc1c2ccccc2[c-]c2c3nccc4ccc5c6ccccc6n(c12)c5c43.[Ir]. The molecule has 7 rings (SSSR count). The van der Waals surface area contributed by atoms with Crippen molar-refractivity contribution < 1.29 is 30.0 Å². The van der Waals surface area contributed by atoms with E-state index in [-0.39, 0.29) is 43.0 Å². The van der Waals surface area contributed by atoms with Crippen LogP contribution in [0.15, 0.2) is 84.8 Å². The first-order chi connectivity index (χ1) is 21.3. The summed E-state index contributed by atoms with van der Waals surface area (Å²) in [6.45, 7) is 12.3. The molecule has 0 aliphatic rings. The largest absolute Gasteiger partial charge is 0.512 e. The monoisotopic (exact) mass is 774 g/mol. The van der Waals surface area contributed by atoms with Crippen molar-refractivity contribution in [1.29, 1.82) is 0 Å². The quantitative estimate of drug-likeness (QED) is 0.0577. The summed E-state index contributed by atoms with van der Waals surface area (Å²) in [5, 5.41) is 18.5. The molecule has 0 amide bonds. The predicted octanol–water partition coefficient (Wildman–Crippen LogP) is 10.9. The fourth-order valence-electron chi connectivity index (χ4n) is 6.75.